The summed E-state index contributed by atoms with van der Waals surface area (Å²) in [5.74, 6) is -0.267. The second-order valence-corrected chi connectivity index (χ2v) is 10.7. The Balaban J connectivity index is 1.28. The number of benzene rings is 3. The molecule has 3 aliphatic carbocycles. The smallest absolute Gasteiger partial charge is 0.229 e. The van der Waals surface area contributed by atoms with Crippen molar-refractivity contribution in [1.29, 1.82) is 0 Å². The van der Waals surface area contributed by atoms with Gasteiger partial charge >= 0.3 is 0 Å². The van der Waals surface area contributed by atoms with Crippen LogP contribution in [-0.2, 0) is 9.59 Å². The van der Waals surface area contributed by atoms with Crippen LogP contribution in [0.5, 0.6) is 0 Å². The highest BCUT2D eigenvalue weighted by Crippen LogP contribution is 2.51. The molecule has 4 aromatic rings. The van der Waals surface area contributed by atoms with E-state index in [-0.39, 0.29) is 29.4 Å². The predicted molar refractivity (Wildman–Crippen MR) is 136 cm³/mol. The van der Waals surface area contributed by atoms with Crippen molar-refractivity contribution in [3.63, 3.8) is 0 Å². The van der Waals surface area contributed by atoms with E-state index in [1.165, 1.54) is 22.3 Å². The Bertz CT molecular complexity index is 1440. The van der Waals surface area contributed by atoms with E-state index in [1.807, 2.05) is 29.6 Å². The minimum Gasteiger partial charge on any atom is -0.302 e. The Labute approximate surface area is 204 Å². The third kappa shape index (κ3) is 3.44. The number of aromatic nitrogens is 1. The molecule has 0 radical (unpaired) electrons. The van der Waals surface area contributed by atoms with Gasteiger partial charge in [-0.1, -0.05) is 58.4 Å². The average molecular weight is 517 g/mol. The fourth-order valence-corrected chi connectivity index (χ4v) is 6.57. The molecule has 6 heteroatoms. The van der Waals surface area contributed by atoms with Crippen molar-refractivity contribution in [3.05, 3.63) is 81.1 Å². The normalized spacial score (nSPS) is 21.3. The van der Waals surface area contributed by atoms with Gasteiger partial charge in [0.1, 0.15) is 5.78 Å². The van der Waals surface area contributed by atoms with Gasteiger partial charge in [0.25, 0.3) is 0 Å². The number of amides is 1. The highest BCUT2D eigenvalue weighted by atomic mass is 79.9. The number of anilines is 1. The third-order valence-corrected chi connectivity index (χ3v) is 8.35. The van der Waals surface area contributed by atoms with Crippen LogP contribution in [0.25, 0.3) is 22.0 Å². The number of halogens is 1. The third-order valence-electron chi connectivity index (χ3n) is 7.10. The number of hydrogen-bond acceptors (Lipinski definition) is 4. The summed E-state index contributed by atoms with van der Waals surface area (Å²) in [5.41, 5.74) is 5.37. The van der Waals surface area contributed by atoms with Gasteiger partial charge in [-0.15, -0.1) is 11.3 Å². The van der Waals surface area contributed by atoms with Crippen LogP contribution >= 0.6 is 27.3 Å². The molecule has 0 spiro atoms. The lowest BCUT2D eigenvalue weighted by Gasteiger charge is -2.42. The summed E-state index contributed by atoms with van der Waals surface area (Å²) in [5, 5.41) is 8.01. The SMILES string of the molecule is Cc1ccc(-c2csc(NC(=O)C3CC4C(=O)CC3c3cc(Br)ccc34)n2)c2ccccc12. The van der Waals surface area contributed by atoms with E-state index >= 15 is 0 Å². The Morgan fingerprint density at radius 2 is 1.91 bits per heavy atom. The summed E-state index contributed by atoms with van der Waals surface area (Å²) in [6, 6.07) is 18.6. The average Bonchev–Trinajstić information content (AvgIpc) is 3.27. The highest BCUT2D eigenvalue weighted by molar-refractivity contribution is 9.10. The molecule has 0 aliphatic heterocycles. The van der Waals surface area contributed by atoms with Crippen molar-refractivity contribution in [2.24, 2.45) is 5.92 Å². The molecule has 1 amide bonds. The fourth-order valence-electron chi connectivity index (χ4n) is 5.48. The summed E-state index contributed by atoms with van der Waals surface area (Å²) in [4.78, 5) is 30.6. The Kier molecular flexibility index (Phi) is 4.96. The quantitative estimate of drug-likeness (QED) is 0.324. The molecular weight excluding hydrogens is 496 g/mol. The number of carbonyl (C=O) groups is 2. The molecule has 2 bridgehead atoms. The number of ketones is 1. The molecule has 3 unspecified atom stereocenters. The minimum absolute atomic E-state index is 0.0437. The van der Waals surface area contributed by atoms with Crippen LogP contribution < -0.4 is 5.32 Å². The summed E-state index contributed by atoms with van der Waals surface area (Å²) in [6.45, 7) is 2.11. The van der Waals surface area contributed by atoms with Crippen molar-refractivity contribution in [3.8, 4) is 11.3 Å². The summed E-state index contributed by atoms with van der Waals surface area (Å²) >= 11 is 4.98. The zero-order valence-corrected chi connectivity index (χ0v) is 20.4. The van der Waals surface area contributed by atoms with Crippen LogP contribution in [0.3, 0.4) is 0 Å². The van der Waals surface area contributed by atoms with Crippen molar-refractivity contribution in [1.82, 2.24) is 4.98 Å². The molecule has 1 aromatic heterocycles. The first-order valence-electron chi connectivity index (χ1n) is 11.1. The molecule has 1 fully saturated rings. The number of nitrogens with zero attached hydrogens (tertiary/aromatic N) is 1. The lowest BCUT2D eigenvalue weighted by Crippen LogP contribution is -2.41. The van der Waals surface area contributed by atoms with E-state index in [0.29, 0.717) is 18.0 Å². The molecule has 33 heavy (non-hydrogen) atoms. The van der Waals surface area contributed by atoms with Gasteiger partial charge in [0.2, 0.25) is 5.91 Å². The number of thiazole rings is 1. The van der Waals surface area contributed by atoms with Gasteiger partial charge in [-0.3, -0.25) is 9.59 Å². The first kappa shape index (κ1) is 20.8. The van der Waals surface area contributed by atoms with Crippen LogP contribution in [0.1, 0.15) is 41.4 Å². The number of aryl methyl sites for hydroxylation is 1. The molecule has 7 rings (SSSR count). The maximum absolute atomic E-state index is 13.3. The van der Waals surface area contributed by atoms with Gasteiger partial charge in [-0.2, -0.15) is 0 Å². The fraction of sp³-hybridized carbons (Fsp3) is 0.222. The van der Waals surface area contributed by atoms with Crippen molar-refractivity contribution < 1.29 is 9.59 Å². The number of Topliss-reactive ketones (excluding diaryl/α,β-unsaturated/α-hetero) is 1. The Hall–Kier alpha value is -2.83. The molecule has 164 valence electrons. The molecule has 0 saturated heterocycles. The molecule has 1 heterocycles. The van der Waals surface area contributed by atoms with Crippen molar-refractivity contribution in [2.75, 3.05) is 5.32 Å². The standard InChI is InChI=1S/C27H21BrN2O2S/c1-14-6-8-19(17-5-3-2-4-16(14)17)24-13-33-27(29-24)30-26(32)23-11-22-18-9-7-15(28)10-20(18)21(23)12-25(22)31/h2-10,13,21-23H,11-12H2,1H3,(H,29,30,32). The number of nitrogens with one attached hydrogen (secondary N) is 1. The van der Waals surface area contributed by atoms with Crippen LogP contribution in [0.4, 0.5) is 5.13 Å². The first-order chi connectivity index (χ1) is 16.0. The molecule has 3 aliphatic rings. The Morgan fingerprint density at radius 3 is 2.76 bits per heavy atom. The van der Waals surface area contributed by atoms with Gasteiger partial charge in [0.05, 0.1) is 5.69 Å². The van der Waals surface area contributed by atoms with E-state index in [0.717, 1.165) is 32.2 Å². The number of carbonyl (C=O) groups excluding carboxylic acids is 2. The van der Waals surface area contributed by atoms with Crippen molar-refractivity contribution in [2.45, 2.75) is 31.6 Å². The van der Waals surface area contributed by atoms with Crippen LogP contribution in [0.2, 0.25) is 0 Å². The van der Waals surface area contributed by atoms with E-state index < -0.39 is 0 Å². The van der Waals surface area contributed by atoms with Crippen molar-refractivity contribution >= 4 is 54.9 Å². The lowest BCUT2D eigenvalue weighted by atomic mass is 9.61. The van der Waals surface area contributed by atoms with Gasteiger partial charge in [-0.05, 0) is 52.9 Å². The molecule has 1 N–H and O–H groups in total. The number of hydrogen-bond donors (Lipinski definition) is 1. The second-order valence-electron chi connectivity index (χ2n) is 8.95. The van der Waals surface area contributed by atoms with Crippen LogP contribution in [0.15, 0.2) is 64.5 Å². The topological polar surface area (TPSA) is 59.1 Å². The van der Waals surface area contributed by atoms with Crippen LogP contribution in [0, 0.1) is 12.8 Å². The maximum atomic E-state index is 13.3. The zero-order valence-electron chi connectivity index (χ0n) is 18.0. The zero-order chi connectivity index (χ0) is 22.7. The number of fused-ring (bicyclic) bond motifs is 3. The monoisotopic (exact) mass is 516 g/mol. The van der Waals surface area contributed by atoms with E-state index in [2.05, 4.69) is 58.5 Å². The second kappa shape index (κ2) is 7.89. The predicted octanol–water partition coefficient (Wildman–Crippen LogP) is 6.83. The minimum atomic E-state index is -0.220. The molecule has 3 aromatic carbocycles. The lowest BCUT2D eigenvalue weighted by molar-refractivity contribution is -0.128. The highest BCUT2D eigenvalue weighted by Gasteiger charge is 2.47. The van der Waals surface area contributed by atoms with Gasteiger partial charge in [0, 0.05) is 39.6 Å². The molecule has 3 atom stereocenters. The summed E-state index contributed by atoms with van der Waals surface area (Å²) in [7, 11) is 0. The van der Waals surface area contributed by atoms with E-state index in [1.54, 1.807) is 0 Å². The summed E-state index contributed by atoms with van der Waals surface area (Å²) < 4.78 is 0.982. The van der Waals surface area contributed by atoms with Crippen LogP contribution in [-0.4, -0.2) is 16.7 Å². The Morgan fingerprint density at radius 1 is 1.09 bits per heavy atom. The molecule has 1 saturated carbocycles. The van der Waals surface area contributed by atoms with Gasteiger partial charge in [0.15, 0.2) is 5.13 Å². The van der Waals surface area contributed by atoms with Gasteiger partial charge in [-0.25, -0.2) is 4.98 Å². The molecule has 4 nitrogen and oxygen atoms in total. The maximum Gasteiger partial charge on any atom is 0.229 e. The van der Waals surface area contributed by atoms with Gasteiger partial charge < -0.3 is 5.32 Å². The number of rotatable bonds is 3. The largest absolute Gasteiger partial charge is 0.302 e. The van der Waals surface area contributed by atoms with E-state index in [4.69, 9.17) is 4.98 Å². The van der Waals surface area contributed by atoms with E-state index in [9.17, 15) is 9.59 Å². The summed E-state index contributed by atoms with van der Waals surface area (Å²) in [6.07, 6.45) is 1.01. The molecular formula is C27H21BrN2O2S. The first-order valence-corrected chi connectivity index (χ1v) is 12.7.